The summed E-state index contributed by atoms with van der Waals surface area (Å²) in [7, 11) is 2.21. The number of rotatable bonds is 1. The standard InChI is InChI=1S/C31H20N2/c1-32-26-16-8-12-22-24-14-7-13-23-21-11-5-6-15-25(21)33(30(23)24)27-18-17-20(19-9-3-2-4-10-19)31(32)29(27)28(22)26/h2-18H,1H3. The second-order valence-electron chi connectivity index (χ2n) is 9.03. The summed E-state index contributed by atoms with van der Waals surface area (Å²) in [5, 5.41) is 7.93. The van der Waals surface area contributed by atoms with E-state index in [1.54, 1.807) is 0 Å². The first-order chi connectivity index (χ1) is 16.3. The normalized spacial score (nSPS) is 12.4. The first kappa shape index (κ1) is 17.3. The fourth-order valence-electron chi connectivity index (χ4n) is 6.13. The molecular formula is C31H20N2. The Bertz CT molecular complexity index is 2020. The minimum Gasteiger partial charge on any atom is -0.343 e. The van der Waals surface area contributed by atoms with E-state index in [0.29, 0.717) is 0 Å². The summed E-state index contributed by atoms with van der Waals surface area (Å²) in [4.78, 5) is 0. The Labute approximate surface area is 190 Å². The van der Waals surface area contributed by atoms with E-state index in [4.69, 9.17) is 0 Å². The number of hydrogen-bond acceptors (Lipinski definition) is 0. The predicted octanol–water partition coefficient (Wildman–Crippen LogP) is 8.15. The molecule has 0 spiro atoms. The van der Waals surface area contributed by atoms with Crippen LogP contribution in [0.4, 0.5) is 0 Å². The molecule has 5 aromatic carbocycles. The van der Waals surface area contributed by atoms with E-state index < -0.39 is 0 Å². The van der Waals surface area contributed by atoms with Gasteiger partial charge in [-0.05, 0) is 29.1 Å². The molecule has 3 heterocycles. The number of benzene rings is 5. The Hall–Kier alpha value is -4.30. The van der Waals surface area contributed by atoms with Gasteiger partial charge in [0.1, 0.15) is 0 Å². The number of para-hydroxylation sites is 2. The smallest absolute Gasteiger partial charge is 0.0619 e. The van der Waals surface area contributed by atoms with Gasteiger partial charge >= 0.3 is 0 Å². The zero-order valence-corrected chi connectivity index (χ0v) is 18.2. The molecule has 0 atom stereocenters. The third kappa shape index (κ3) is 2.00. The van der Waals surface area contributed by atoms with Gasteiger partial charge in [0.2, 0.25) is 0 Å². The summed E-state index contributed by atoms with van der Waals surface area (Å²) in [5.41, 5.74) is 8.92. The summed E-state index contributed by atoms with van der Waals surface area (Å²) in [6, 6.07) is 37.7. The van der Waals surface area contributed by atoms with Crippen molar-refractivity contribution in [3.63, 3.8) is 0 Å². The molecule has 0 aliphatic carbocycles. The monoisotopic (exact) mass is 420 g/mol. The SMILES string of the molecule is Cn1c2cccc3c4cccc5c6ccccc6n(c6ccc(-c7ccccc7)c1c6c32)c45. The fraction of sp³-hybridized carbons (Fsp3) is 0.0323. The molecular weight excluding hydrogens is 400 g/mol. The minimum absolute atomic E-state index is 1.25. The molecule has 0 bridgehead atoms. The van der Waals surface area contributed by atoms with E-state index in [9.17, 15) is 0 Å². The lowest BCUT2D eigenvalue weighted by Gasteiger charge is -2.09. The minimum atomic E-state index is 1.25. The van der Waals surface area contributed by atoms with Crippen molar-refractivity contribution in [2.45, 2.75) is 0 Å². The molecule has 0 amide bonds. The number of fused-ring (bicyclic) bond motifs is 5. The maximum Gasteiger partial charge on any atom is 0.0619 e. The molecule has 0 aliphatic rings. The summed E-state index contributed by atoms with van der Waals surface area (Å²) in [6.07, 6.45) is 0. The van der Waals surface area contributed by atoms with Crippen LogP contribution in [0.5, 0.6) is 0 Å². The third-order valence-electron chi connectivity index (χ3n) is 7.46. The van der Waals surface area contributed by atoms with Gasteiger partial charge in [-0.3, -0.25) is 0 Å². The van der Waals surface area contributed by atoms with E-state index in [0.717, 1.165) is 0 Å². The van der Waals surface area contributed by atoms with Gasteiger partial charge in [-0.2, -0.15) is 0 Å². The summed E-state index contributed by atoms with van der Waals surface area (Å²) in [5.74, 6) is 0. The van der Waals surface area contributed by atoms with Crippen LogP contribution >= 0.6 is 0 Å². The second kappa shape index (κ2) is 5.93. The molecule has 0 saturated heterocycles. The average molecular weight is 421 g/mol. The van der Waals surface area contributed by atoms with Crippen molar-refractivity contribution in [2.75, 3.05) is 0 Å². The van der Waals surface area contributed by atoms with Crippen LogP contribution in [0.2, 0.25) is 0 Å². The zero-order chi connectivity index (χ0) is 21.7. The molecule has 33 heavy (non-hydrogen) atoms. The van der Waals surface area contributed by atoms with Crippen molar-refractivity contribution in [3.8, 4) is 11.1 Å². The van der Waals surface area contributed by atoms with Crippen molar-refractivity contribution >= 4 is 59.9 Å². The average Bonchev–Trinajstić information content (AvgIpc) is 3.32. The van der Waals surface area contributed by atoms with Gasteiger partial charge in [-0.15, -0.1) is 0 Å². The van der Waals surface area contributed by atoms with Gasteiger partial charge in [-0.1, -0.05) is 84.9 Å². The Morgan fingerprint density at radius 2 is 1.12 bits per heavy atom. The Morgan fingerprint density at radius 3 is 2.00 bits per heavy atom. The zero-order valence-electron chi connectivity index (χ0n) is 18.2. The molecule has 2 nitrogen and oxygen atoms in total. The molecule has 3 aromatic heterocycles. The lowest BCUT2D eigenvalue weighted by Crippen LogP contribution is -1.92. The summed E-state index contributed by atoms with van der Waals surface area (Å²) < 4.78 is 4.88. The number of nitrogens with zero attached hydrogens (tertiary/aromatic N) is 2. The highest BCUT2D eigenvalue weighted by Gasteiger charge is 2.22. The lowest BCUT2D eigenvalue weighted by molar-refractivity contribution is 1.02. The topological polar surface area (TPSA) is 9.34 Å². The van der Waals surface area contributed by atoms with Gasteiger partial charge in [0, 0.05) is 45.1 Å². The highest BCUT2D eigenvalue weighted by atomic mass is 15.0. The van der Waals surface area contributed by atoms with Crippen molar-refractivity contribution in [1.82, 2.24) is 8.97 Å². The van der Waals surface area contributed by atoms with Crippen LogP contribution in [-0.2, 0) is 7.05 Å². The molecule has 2 heteroatoms. The van der Waals surface area contributed by atoms with Crippen molar-refractivity contribution < 1.29 is 0 Å². The number of aryl methyl sites for hydroxylation is 1. The lowest BCUT2D eigenvalue weighted by atomic mass is 10.00. The molecule has 0 N–H and O–H groups in total. The van der Waals surface area contributed by atoms with Gasteiger partial charge in [0.05, 0.1) is 22.1 Å². The van der Waals surface area contributed by atoms with E-state index in [-0.39, 0.29) is 0 Å². The fourth-order valence-corrected chi connectivity index (χ4v) is 6.13. The van der Waals surface area contributed by atoms with Crippen LogP contribution in [0.3, 0.4) is 0 Å². The van der Waals surface area contributed by atoms with Gasteiger partial charge < -0.3 is 8.97 Å². The van der Waals surface area contributed by atoms with Crippen molar-refractivity contribution in [3.05, 3.63) is 103 Å². The van der Waals surface area contributed by atoms with Crippen molar-refractivity contribution in [1.29, 1.82) is 0 Å². The van der Waals surface area contributed by atoms with Crippen LogP contribution < -0.4 is 0 Å². The van der Waals surface area contributed by atoms with Crippen molar-refractivity contribution in [2.24, 2.45) is 7.05 Å². The number of hydrogen-bond donors (Lipinski definition) is 0. The van der Waals surface area contributed by atoms with Gasteiger partial charge in [0.25, 0.3) is 0 Å². The van der Waals surface area contributed by atoms with E-state index in [1.807, 2.05) is 0 Å². The highest BCUT2D eigenvalue weighted by Crippen LogP contribution is 2.45. The summed E-state index contributed by atoms with van der Waals surface area (Å²) >= 11 is 0. The molecule has 0 saturated carbocycles. The Kier molecular flexibility index (Phi) is 3.11. The quantitative estimate of drug-likeness (QED) is 0.253. The second-order valence-corrected chi connectivity index (χ2v) is 9.03. The maximum absolute atomic E-state index is 2.50. The van der Waals surface area contributed by atoms with E-state index in [1.165, 1.54) is 71.0 Å². The van der Waals surface area contributed by atoms with Crippen LogP contribution in [0.1, 0.15) is 0 Å². The van der Waals surface area contributed by atoms with E-state index >= 15 is 0 Å². The Balaban J connectivity index is 1.79. The molecule has 0 aliphatic heterocycles. The molecule has 8 aromatic rings. The van der Waals surface area contributed by atoms with Crippen LogP contribution in [0.15, 0.2) is 103 Å². The predicted molar refractivity (Wildman–Crippen MR) is 141 cm³/mol. The highest BCUT2D eigenvalue weighted by molar-refractivity contribution is 6.32. The molecule has 0 fully saturated rings. The molecule has 0 unspecified atom stereocenters. The van der Waals surface area contributed by atoms with Crippen LogP contribution in [0.25, 0.3) is 71.0 Å². The summed E-state index contributed by atoms with van der Waals surface area (Å²) in [6.45, 7) is 0. The number of aromatic nitrogens is 2. The first-order valence-corrected chi connectivity index (χ1v) is 11.5. The third-order valence-corrected chi connectivity index (χ3v) is 7.46. The largest absolute Gasteiger partial charge is 0.343 e. The maximum atomic E-state index is 2.50. The Morgan fingerprint density at radius 1 is 0.455 bits per heavy atom. The van der Waals surface area contributed by atoms with Gasteiger partial charge in [-0.25, -0.2) is 0 Å². The molecule has 0 radical (unpaired) electrons. The van der Waals surface area contributed by atoms with Gasteiger partial charge in [0.15, 0.2) is 0 Å². The van der Waals surface area contributed by atoms with Crippen LogP contribution in [0, 0.1) is 0 Å². The molecule has 8 rings (SSSR count). The first-order valence-electron chi connectivity index (χ1n) is 11.5. The molecule has 154 valence electrons. The van der Waals surface area contributed by atoms with E-state index in [2.05, 4.69) is 119 Å². The van der Waals surface area contributed by atoms with Crippen LogP contribution in [-0.4, -0.2) is 8.97 Å².